The van der Waals surface area contributed by atoms with Gasteiger partial charge in [-0.15, -0.1) is 0 Å². The fraction of sp³-hybridized carbons (Fsp3) is 1.00. The summed E-state index contributed by atoms with van der Waals surface area (Å²) in [6.45, 7) is 4.57. The summed E-state index contributed by atoms with van der Waals surface area (Å²) in [5, 5.41) is 3.64. The molecule has 0 spiro atoms. The van der Waals surface area contributed by atoms with Crippen LogP contribution in [-0.4, -0.2) is 18.3 Å². The molecule has 3 unspecified atom stereocenters. The highest BCUT2D eigenvalue weighted by Crippen LogP contribution is 2.38. The molecule has 0 aromatic rings. The van der Waals surface area contributed by atoms with Gasteiger partial charge in [0, 0.05) is 12.1 Å². The van der Waals surface area contributed by atoms with Crippen LogP contribution in [0.3, 0.4) is 0 Å². The van der Waals surface area contributed by atoms with Crippen LogP contribution in [0.5, 0.6) is 0 Å². The predicted octanol–water partition coefficient (Wildman–Crippen LogP) is 4.52. The third-order valence-electron chi connectivity index (χ3n) is 5.35. The fourth-order valence-corrected chi connectivity index (χ4v) is 3.71. The Morgan fingerprint density at radius 1 is 0.895 bits per heavy atom. The SMILES string of the molecule is CC1CCCC(NC2CCC(C(F)(F)F)CC2)C1C. The Labute approximate surface area is 114 Å². The van der Waals surface area contributed by atoms with Gasteiger partial charge in [0.25, 0.3) is 0 Å². The number of rotatable bonds is 2. The maximum absolute atomic E-state index is 12.6. The van der Waals surface area contributed by atoms with Gasteiger partial charge in [0.2, 0.25) is 0 Å². The lowest BCUT2D eigenvalue weighted by Crippen LogP contribution is -2.47. The first-order valence-electron chi connectivity index (χ1n) is 7.70. The van der Waals surface area contributed by atoms with Crippen molar-refractivity contribution in [2.45, 2.75) is 77.1 Å². The van der Waals surface area contributed by atoms with Crippen LogP contribution in [0.25, 0.3) is 0 Å². The normalized spacial score (nSPS) is 41.2. The quantitative estimate of drug-likeness (QED) is 0.782. The molecule has 0 heterocycles. The molecule has 19 heavy (non-hydrogen) atoms. The van der Waals surface area contributed by atoms with Crippen molar-refractivity contribution in [1.82, 2.24) is 5.32 Å². The molecule has 0 aliphatic heterocycles. The van der Waals surface area contributed by atoms with Gasteiger partial charge in [-0.25, -0.2) is 0 Å². The van der Waals surface area contributed by atoms with Crippen LogP contribution in [0.4, 0.5) is 13.2 Å². The van der Waals surface area contributed by atoms with E-state index in [4.69, 9.17) is 0 Å². The largest absolute Gasteiger partial charge is 0.391 e. The van der Waals surface area contributed by atoms with E-state index < -0.39 is 12.1 Å². The first-order chi connectivity index (χ1) is 8.88. The molecule has 2 rings (SSSR count). The van der Waals surface area contributed by atoms with Gasteiger partial charge in [-0.1, -0.05) is 26.7 Å². The number of hydrogen-bond donors (Lipinski definition) is 1. The summed E-state index contributed by atoms with van der Waals surface area (Å²) in [7, 11) is 0. The molecule has 0 saturated heterocycles. The van der Waals surface area contributed by atoms with Crippen LogP contribution in [0.2, 0.25) is 0 Å². The maximum atomic E-state index is 12.6. The van der Waals surface area contributed by atoms with E-state index in [0.29, 0.717) is 43.7 Å². The molecule has 0 bridgehead atoms. The van der Waals surface area contributed by atoms with Crippen molar-refractivity contribution in [3.05, 3.63) is 0 Å². The minimum atomic E-state index is -3.99. The Morgan fingerprint density at radius 3 is 2.11 bits per heavy atom. The molecule has 0 aromatic carbocycles. The van der Waals surface area contributed by atoms with Gasteiger partial charge in [0.15, 0.2) is 0 Å². The van der Waals surface area contributed by atoms with Crippen molar-refractivity contribution in [3.63, 3.8) is 0 Å². The molecule has 1 N–H and O–H groups in total. The molecule has 2 aliphatic rings. The molecule has 2 saturated carbocycles. The monoisotopic (exact) mass is 277 g/mol. The topological polar surface area (TPSA) is 12.0 Å². The van der Waals surface area contributed by atoms with Crippen molar-refractivity contribution in [2.75, 3.05) is 0 Å². The van der Waals surface area contributed by atoms with Crippen LogP contribution >= 0.6 is 0 Å². The zero-order chi connectivity index (χ0) is 14.0. The van der Waals surface area contributed by atoms with Crippen LogP contribution in [0.15, 0.2) is 0 Å². The average molecular weight is 277 g/mol. The Kier molecular flexibility index (Phi) is 4.80. The highest BCUT2D eigenvalue weighted by atomic mass is 19.4. The zero-order valence-corrected chi connectivity index (χ0v) is 12.0. The Hall–Kier alpha value is -0.250. The molecular weight excluding hydrogens is 251 g/mol. The molecule has 0 radical (unpaired) electrons. The molecule has 3 atom stereocenters. The molecular formula is C15H26F3N. The predicted molar refractivity (Wildman–Crippen MR) is 70.9 cm³/mol. The maximum Gasteiger partial charge on any atom is 0.391 e. The number of nitrogens with one attached hydrogen (secondary N) is 1. The highest BCUT2D eigenvalue weighted by molar-refractivity contribution is 4.87. The second-order valence-electron chi connectivity index (χ2n) is 6.63. The second-order valence-corrected chi connectivity index (χ2v) is 6.63. The molecule has 112 valence electrons. The first kappa shape index (κ1) is 15.1. The van der Waals surface area contributed by atoms with Crippen molar-refractivity contribution in [3.8, 4) is 0 Å². The van der Waals surface area contributed by atoms with Gasteiger partial charge in [0.05, 0.1) is 5.92 Å². The van der Waals surface area contributed by atoms with E-state index in [2.05, 4.69) is 19.2 Å². The summed E-state index contributed by atoms with van der Waals surface area (Å²) in [5.74, 6) is 0.320. The van der Waals surface area contributed by atoms with Gasteiger partial charge in [0.1, 0.15) is 0 Å². The van der Waals surface area contributed by atoms with Crippen molar-refractivity contribution in [1.29, 1.82) is 0 Å². The van der Waals surface area contributed by atoms with Gasteiger partial charge in [-0.3, -0.25) is 0 Å². The standard InChI is InChI=1S/C15H26F3N/c1-10-4-3-5-14(11(10)2)19-13-8-6-12(7-9-13)15(16,17)18/h10-14,19H,3-9H2,1-2H3. The third-order valence-corrected chi connectivity index (χ3v) is 5.35. The van der Waals surface area contributed by atoms with E-state index in [1.165, 1.54) is 19.3 Å². The van der Waals surface area contributed by atoms with E-state index in [1.54, 1.807) is 0 Å². The smallest absolute Gasteiger partial charge is 0.311 e. The van der Waals surface area contributed by atoms with Crippen LogP contribution in [0, 0.1) is 17.8 Å². The summed E-state index contributed by atoms with van der Waals surface area (Å²) in [5.41, 5.74) is 0. The van der Waals surface area contributed by atoms with Gasteiger partial charge >= 0.3 is 6.18 Å². The van der Waals surface area contributed by atoms with Gasteiger partial charge < -0.3 is 5.32 Å². The molecule has 4 heteroatoms. The lowest BCUT2D eigenvalue weighted by Gasteiger charge is -2.39. The number of halogens is 3. The van der Waals surface area contributed by atoms with Crippen LogP contribution in [0.1, 0.15) is 58.8 Å². The Morgan fingerprint density at radius 2 is 1.53 bits per heavy atom. The van der Waals surface area contributed by atoms with Gasteiger partial charge in [-0.2, -0.15) is 13.2 Å². The van der Waals surface area contributed by atoms with Crippen LogP contribution in [-0.2, 0) is 0 Å². The first-order valence-corrected chi connectivity index (χ1v) is 7.70. The number of alkyl halides is 3. The second kappa shape index (κ2) is 6.02. The fourth-order valence-electron chi connectivity index (χ4n) is 3.71. The summed E-state index contributed by atoms with van der Waals surface area (Å²) >= 11 is 0. The van der Waals surface area contributed by atoms with E-state index in [1.807, 2.05) is 0 Å². The van der Waals surface area contributed by atoms with Crippen molar-refractivity contribution in [2.24, 2.45) is 17.8 Å². The average Bonchev–Trinajstić information content (AvgIpc) is 2.35. The number of hydrogen-bond acceptors (Lipinski definition) is 1. The molecule has 1 nitrogen and oxygen atoms in total. The minimum Gasteiger partial charge on any atom is -0.311 e. The lowest BCUT2D eigenvalue weighted by molar-refractivity contribution is -0.182. The summed E-state index contributed by atoms with van der Waals surface area (Å²) in [6, 6.07) is 0.813. The zero-order valence-electron chi connectivity index (χ0n) is 12.0. The van der Waals surface area contributed by atoms with E-state index in [9.17, 15) is 13.2 Å². The molecule has 2 aliphatic carbocycles. The molecule has 2 fully saturated rings. The molecule has 0 amide bonds. The summed E-state index contributed by atoms with van der Waals surface area (Å²) in [4.78, 5) is 0. The Balaban J connectivity index is 1.79. The van der Waals surface area contributed by atoms with E-state index in [0.717, 1.165) is 5.92 Å². The van der Waals surface area contributed by atoms with Crippen molar-refractivity contribution >= 4 is 0 Å². The minimum absolute atomic E-state index is 0.302. The van der Waals surface area contributed by atoms with Crippen LogP contribution < -0.4 is 5.32 Å². The summed E-state index contributed by atoms with van der Waals surface area (Å²) < 4.78 is 37.9. The summed E-state index contributed by atoms with van der Waals surface area (Å²) in [6.07, 6.45) is 1.71. The Bertz CT molecular complexity index is 282. The lowest BCUT2D eigenvalue weighted by atomic mass is 9.77. The van der Waals surface area contributed by atoms with Crippen molar-refractivity contribution < 1.29 is 13.2 Å². The van der Waals surface area contributed by atoms with E-state index >= 15 is 0 Å². The third kappa shape index (κ3) is 3.87. The van der Waals surface area contributed by atoms with Gasteiger partial charge in [-0.05, 0) is 43.9 Å². The van der Waals surface area contributed by atoms with E-state index in [-0.39, 0.29) is 0 Å². The molecule has 0 aromatic heterocycles. The highest BCUT2D eigenvalue weighted by Gasteiger charge is 2.41.